The molecule has 4 aromatic rings. The summed E-state index contributed by atoms with van der Waals surface area (Å²) in [5.41, 5.74) is 13.1. The predicted molar refractivity (Wildman–Crippen MR) is 206 cm³/mol. The van der Waals surface area contributed by atoms with Gasteiger partial charge in [-0.3, -0.25) is 14.5 Å². The van der Waals surface area contributed by atoms with E-state index in [2.05, 4.69) is 39.8 Å². The standard InChI is InChI=1S/C43H52N4O6/c44-38-10-5-6-11-39(38)46-42(51)13-4-2-1-3-12-41(50)45-26-31-8-7-9-35(24-31)32-18-20-34(21-19-32)43-52-37(28-47-23-22-36(49)27-47)25-40(53-43)33-16-14-30(29-48)15-17-33/h5-11,14-21,24,36-37,40,43,48-49H,1-4,12-13,22-23,25-29,44H2,(H,45,50)(H,46,51)/t36-,37+,40-,43-/m0/s1. The fraction of sp³-hybridized carbons (Fsp3) is 0.395. The molecular weight excluding hydrogens is 668 g/mol. The first kappa shape index (κ1) is 38.2. The van der Waals surface area contributed by atoms with E-state index in [4.69, 9.17) is 15.2 Å². The molecule has 2 fully saturated rings. The number of unbranched alkanes of at least 4 members (excludes halogenated alkanes) is 3. The van der Waals surface area contributed by atoms with Gasteiger partial charge in [-0.05, 0) is 65.3 Å². The number of ether oxygens (including phenoxy) is 2. The van der Waals surface area contributed by atoms with Gasteiger partial charge in [-0.25, -0.2) is 0 Å². The number of nitrogen functional groups attached to an aromatic ring is 1. The Balaban J connectivity index is 0.969. The number of aliphatic hydroxyl groups excluding tert-OH is 2. The number of amides is 2. The van der Waals surface area contributed by atoms with Crippen LogP contribution in [-0.4, -0.2) is 58.8 Å². The first-order valence-electron chi connectivity index (χ1n) is 18.8. The van der Waals surface area contributed by atoms with Crippen LogP contribution in [0.2, 0.25) is 0 Å². The molecule has 0 aliphatic carbocycles. The fourth-order valence-corrected chi connectivity index (χ4v) is 7.03. The molecule has 0 radical (unpaired) electrons. The quantitative estimate of drug-likeness (QED) is 0.0640. The number of rotatable bonds is 16. The molecule has 2 aliphatic rings. The number of β-amino-alcohol motifs (C(OH)–C–C–N with tert-alkyl or cyclic N) is 1. The maximum absolute atomic E-state index is 12.6. The molecule has 4 aromatic carbocycles. The van der Waals surface area contributed by atoms with Crippen molar-refractivity contribution in [3.8, 4) is 11.1 Å². The summed E-state index contributed by atoms with van der Waals surface area (Å²) < 4.78 is 13.1. The van der Waals surface area contributed by atoms with Crippen LogP contribution in [0.3, 0.4) is 0 Å². The number of benzene rings is 4. The van der Waals surface area contributed by atoms with E-state index in [1.54, 1.807) is 12.1 Å². The average molecular weight is 721 g/mol. The Labute approximate surface area is 312 Å². The lowest BCUT2D eigenvalue weighted by Crippen LogP contribution is -2.38. The van der Waals surface area contributed by atoms with Gasteiger partial charge in [0.25, 0.3) is 0 Å². The normalized spacial score (nSPS) is 20.3. The van der Waals surface area contributed by atoms with E-state index in [1.165, 1.54) is 0 Å². The molecule has 2 amide bonds. The van der Waals surface area contributed by atoms with Gasteiger partial charge < -0.3 is 36.1 Å². The molecule has 0 aromatic heterocycles. The van der Waals surface area contributed by atoms with Gasteiger partial charge >= 0.3 is 0 Å². The van der Waals surface area contributed by atoms with Crippen LogP contribution in [0.5, 0.6) is 0 Å². The van der Waals surface area contributed by atoms with E-state index in [1.807, 2.05) is 60.7 Å². The molecule has 2 heterocycles. The zero-order valence-electron chi connectivity index (χ0n) is 30.3. The molecule has 0 spiro atoms. The monoisotopic (exact) mass is 720 g/mol. The highest BCUT2D eigenvalue weighted by Gasteiger charge is 2.34. The molecular formula is C43H52N4O6. The second-order valence-electron chi connectivity index (χ2n) is 14.2. The maximum Gasteiger partial charge on any atom is 0.224 e. The summed E-state index contributed by atoms with van der Waals surface area (Å²) in [5, 5.41) is 25.5. The number of carbonyl (C=O) groups is 2. The molecule has 4 atom stereocenters. The molecule has 2 aliphatic heterocycles. The number of nitrogens with one attached hydrogen (secondary N) is 2. The number of carbonyl (C=O) groups excluding carboxylic acids is 2. The molecule has 6 rings (SSSR count). The van der Waals surface area contributed by atoms with E-state index >= 15 is 0 Å². The van der Waals surface area contributed by atoms with Crippen LogP contribution >= 0.6 is 0 Å². The zero-order valence-corrected chi connectivity index (χ0v) is 30.3. The van der Waals surface area contributed by atoms with Gasteiger partial charge in [-0.15, -0.1) is 0 Å². The van der Waals surface area contributed by atoms with Crippen LogP contribution in [0.4, 0.5) is 11.4 Å². The third-order valence-electron chi connectivity index (χ3n) is 10.0. The second kappa shape index (κ2) is 19.0. The SMILES string of the molecule is Nc1ccccc1NC(=O)CCCCCCC(=O)NCc1cccc(-c2ccc([C@H]3O[C@@H](CN4CC[C@H](O)C4)C[C@@H](c4ccc(CO)cc4)O3)cc2)c1. The number of hydrogen-bond acceptors (Lipinski definition) is 8. The molecule has 0 bridgehead atoms. The second-order valence-corrected chi connectivity index (χ2v) is 14.2. The summed E-state index contributed by atoms with van der Waals surface area (Å²) in [7, 11) is 0. The maximum atomic E-state index is 12.6. The van der Waals surface area contributed by atoms with Gasteiger partial charge in [0.2, 0.25) is 11.8 Å². The lowest BCUT2D eigenvalue weighted by molar-refractivity contribution is -0.252. The van der Waals surface area contributed by atoms with Crippen molar-refractivity contribution in [1.82, 2.24) is 10.2 Å². The number of para-hydroxylation sites is 2. The van der Waals surface area contributed by atoms with Crippen LogP contribution in [0.15, 0.2) is 97.1 Å². The van der Waals surface area contributed by atoms with Crippen molar-refractivity contribution in [1.29, 1.82) is 0 Å². The van der Waals surface area contributed by atoms with E-state index in [-0.39, 0.29) is 36.7 Å². The van der Waals surface area contributed by atoms with Crippen LogP contribution in [0.25, 0.3) is 11.1 Å². The van der Waals surface area contributed by atoms with E-state index in [0.717, 1.165) is 78.6 Å². The highest BCUT2D eigenvalue weighted by atomic mass is 16.7. The Morgan fingerprint density at radius 2 is 1.53 bits per heavy atom. The Hall–Kier alpha value is -4.58. The summed E-state index contributed by atoms with van der Waals surface area (Å²) in [6.45, 7) is 2.70. The molecule has 280 valence electrons. The topological polar surface area (TPSA) is 146 Å². The molecule has 2 saturated heterocycles. The van der Waals surface area contributed by atoms with Gasteiger partial charge in [0.05, 0.1) is 36.3 Å². The summed E-state index contributed by atoms with van der Waals surface area (Å²) in [5.74, 6) is -0.0299. The van der Waals surface area contributed by atoms with Crippen molar-refractivity contribution in [2.24, 2.45) is 0 Å². The van der Waals surface area contributed by atoms with Crippen molar-refractivity contribution in [3.05, 3.63) is 119 Å². The minimum absolute atomic E-state index is 0.000456. The minimum Gasteiger partial charge on any atom is -0.397 e. The summed E-state index contributed by atoms with van der Waals surface area (Å²) in [6.07, 6.45) is 4.62. The van der Waals surface area contributed by atoms with Gasteiger partial charge in [-0.1, -0.05) is 91.7 Å². The smallest absolute Gasteiger partial charge is 0.224 e. The van der Waals surface area contributed by atoms with Gasteiger partial charge in [0, 0.05) is 51.0 Å². The Kier molecular flexibility index (Phi) is 13.6. The number of likely N-dealkylation sites (tertiary alicyclic amines) is 1. The number of hydrogen-bond donors (Lipinski definition) is 5. The van der Waals surface area contributed by atoms with Crippen LogP contribution in [-0.2, 0) is 32.2 Å². The van der Waals surface area contributed by atoms with Crippen LogP contribution < -0.4 is 16.4 Å². The summed E-state index contributed by atoms with van der Waals surface area (Å²) >= 11 is 0. The summed E-state index contributed by atoms with van der Waals surface area (Å²) in [6, 6.07) is 31.6. The highest BCUT2D eigenvalue weighted by molar-refractivity contribution is 5.93. The van der Waals surface area contributed by atoms with Gasteiger partial charge in [-0.2, -0.15) is 0 Å². The Morgan fingerprint density at radius 3 is 2.25 bits per heavy atom. The zero-order chi connectivity index (χ0) is 37.0. The van der Waals surface area contributed by atoms with Crippen molar-refractivity contribution in [3.63, 3.8) is 0 Å². The third-order valence-corrected chi connectivity index (χ3v) is 10.0. The lowest BCUT2D eigenvalue weighted by Gasteiger charge is -2.37. The number of aliphatic hydroxyl groups is 2. The molecule has 10 heteroatoms. The Bertz CT molecular complexity index is 1780. The Morgan fingerprint density at radius 1 is 0.792 bits per heavy atom. The van der Waals surface area contributed by atoms with E-state index in [9.17, 15) is 19.8 Å². The van der Waals surface area contributed by atoms with Gasteiger partial charge in [0.15, 0.2) is 6.29 Å². The molecule has 0 unspecified atom stereocenters. The molecule has 6 N–H and O–H groups in total. The molecule has 0 saturated carbocycles. The third kappa shape index (κ3) is 11.2. The number of nitrogens with zero attached hydrogens (tertiary/aromatic N) is 1. The minimum atomic E-state index is -0.543. The molecule has 53 heavy (non-hydrogen) atoms. The predicted octanol–water partition coefficient (Wildman–Crippen LogP) is 6.64. The average Bonchev–Trinajstić information content (AvgIpc) is 3.60. The van der Waals surface area contributed by atoms with E-state index in [0.29, 0.717) is 43.7 Å². The lowest BCUT2D eigenvalue weighted by atomic mass is 9.99. The molecule has 10 nitrogen and oxygen atoms in total. The van der Waals surface area contributed by atoms with Crippen molar-refractivity contribution in [2.75, 3.05) is 30.7 Å². The summed E-state index contributed by atoms with van der Waals surface area (Å²) in [4.78, 5) is 27.0. The van der Waals surface area contributed by atoms with Crippen molar-refractivity contribution < 1.29 is 29.3 Å². The first-order chi connectivity index (χ1) is 25.8. The van der Waals surface area contributed by atoms with Gasteiger partial charge in [0.1, 0.15) is 0 Å². The van der Waals surface area contributed by atoms with Crippen LogP contribution in [0.1, 0.15) is 86.0 Å². The largest absolute Gasteiger partial charge is 0.397 e. The highest BCUT2D eigenvalue weighted by Crippen LogP contribution is 2.39. The van der Waals surface area contributed by atoms with Crippen LogP contribution in [0, 0.1) is 0 Å². The fourth-order valence-electron chi connectivity index (χ4n) is 7.03. The number of anilines is 2. The van der Waals surface area contributed by atoms with E-state index < -0.39 is 6.29 Å². The van der Waals surface area contributed by atoms with Crippen molar-refractivity contribution in [2.45, 2.75) is 89.1 Å². The first-order valence-corrected chi connectivity index (χ1v) is 18.8. The number of nitrogens with two attached hydrogens (primary N) is 1. The van der Waals surface area contributed by atoms with Crippen molar-refractivity contribution >= 4 is 23.2 Å².